The van der Waals surface area contributed by atoms with E-state index in [4.69, 9.17) is 11.6 Å². The van der Waals surface area contributed by atoms with Gasteiger partial charge in [-0.2, -0.15) is 0 Å². The molecule has 0 atom stereocenters. The summed E-state index contributed by atoms with van der Waals surface area (Å²) < 4.78 is 15.9. The van der Waals surface area contributed by atoms with Gasteiger partial charge in [0.25, 0.3) is 5.91 Å². The summed E-state index contributed by atoms with van der Waals surface area (Å²) in [5.41, 5.74) is 3.10. The zero-order chi connectivity index (χ0) is 17.6. The van der Waals surface area contributed by atoms with E-state index in [0.29, 0.717) is 35.4 Å². The van der Waals surface area contributed by atoms with Crippen LogP contribution in [0.25, 0.3) is 22.2 Å². The SMILES string of the molecule is O=C1c2c(-c3ccc(Cl)c(F)c3)c3ncccc3n2CCN1CCO. The van der Waals surface area contributed by atoms with Crippen LogP contribution in [0.15, 0.2) is 36.5 Å². The summed E-state index contributed by atoms with van der Waals surface area (Å²) in [4.78, 5) is 19.0. The Kier molecular flexibility index (Phi) is 3.94. The van der Waals surface area contributed by atoms with Crippen LogP contribution in [0.4, 0.5) is 4.39 Å². The number of rotatable bonds is 3. The predicted octanol–water partition coefficient (Wildman–Crippen LogP) is 2.94. The smallest absolute Gasteiger partial charge is 0.271 e. The quantitative estimate of drug-likeness (QED) is 0.782. The molecule has 0 unspecified atom stereocenters. The van der Waals surface area contributed by atoms with Crippen molar-refractivity contribution in [3.63, 3.8) is 0 Å². The van der Waals surface area contributed by atoms with Crippen LogP contribution in [0, 0.1) is 5.82 Å². The molecular weight excluding hydrogens is 345 g/mol. The molecule has 1 N–H and O–H groups in total. The standard InChI is InChI=1S/C18H15ClFN3O2/c19-12-4-3-11(10-13(12)20)15-16-14(2-1-5-21-16)23-7-6-22(8-9-24)18(25)17(15)23/h1-5,10,24H,6-9H2. The molecule has 2 aromatic heterocycles. The minimum absolute atomic E-state index is 0.0299. The zero-order valence-electron chi connectivity index (χ0n) is 13.2. The van der Waals surface area contributed by atoms with E-state index in [1.807, 2.05) is 16.7 Å². The molecule has 4 rings (SSSR count). The van der Waals surface area contributed by atoms with Crippen LogP contribution in [0.2, 0.25) is 5.02 Å². The second-order valence-corrected chi connectivity index (χ2v) is 6.30. The number of nitrogens with zero attached hydrogens (tertiary/aromatic N) is 3. The Morgan fingerprint density at radius 1 is 1.28 bits per heavy atom. The lowest BCUT2D eigenvalue weighted by molar-refractivity contribution is 0.0672. The molecule has 5 nitrogen and oxygen atoms in total. The van der Waals surface area contributed by atoms with E-state index in [1.165, 1.54) is 12.1 Å². The van der Waals surface area contributed by atoms with Crippen LogP contribution in [0.5, 0.6) is 0 Å². The molecule has 1 aliphatic heterocycles. The third-order valence-corrected chi connectivity index (χ3v) is 4.79. The Balaban J connectivity index is 2.00. The van der Waals surface area contributed by atoms with Gasteiger partial charge in [-0.05, 0) is 29.8 Å². The summed E-state index contributed by atoms with van der Waals surface area (Å²) in [5, 5.41) is 9.23. The van der Waals surface area contributed by atoms with Gasteiger partial charge >= 0.3 is 0 Å². The maximum Gasteiger partial charge on any atom is 0.271 e. The van der Waals surface area contributed by atoms with Gasteiger partial charge in [-0.15, -0.1) is 0 Å². The molecule has 0 radical (unpaired) electrons. The molecule has 0 saturated carbocycles. The lowest BCUT2D eigenvalue weighted by Crippen LogP contribution is -2.41. The maximum absolute atomic E-state index is 14.0. The number of benzene rings is 1. The van der Waals surface area contributed by atoms with E-state index in [-0.39, 0.29) is 24.1 Å². The van der Waals surface area contributed by atoms with Gasteiger partial charge in [0.15, 0.2) is 0 Å². The van der Waals surface area contributed by atoms with Crippen molar-refractivity contribution in [1.29, 1.82) is 0 Å². The first kappa shape index (κ1) is 16.1. The summed E-state index contributed by atoms with van der Waals surface area (Å²) in [6.07, 6.45) is 1.65. The van der Waals surface area contributed by atoms with Crippen molar-refractivity contribution in [3.8, 4) is 11.1 Å². The highest BCUT2D eigenvalue weighted by atomic mass is 35.5. The van der Waals surface area contributed by atoms with Gasteiger partial charge in [-0.1, -0.05) is 17.7 Å². The monoisotopic (exact) mass is 359 g/mol. The molecule has 25 heavy (non-hydrogen) atoms. The van der Waals surface area contributed by atoms with E-state index in [2.05, 4.69) is 4.98 Å². The molecule has 1 aromatic carbocycles. The largest absolute Gasteiger partial charge is 0.395 e. The van der Waals surface area contributed by atoms with Crippen molar-refractivity contribution >= 4 is 28.5 Å². The fourth-order valence-electron chi connectivity index (χ4n) is 3.36. The molecule has 3 heterocycles. The number of β-amino-alcohol motifs (C(OH)–C–C–N with tert-alkyl or cyclic N) is 1. The third-order valence-electron chi connectivity index (χ3n) is 4.48. The first-order chi connectivity index (χ1) is 12.1. The molecule has 128 valence electrons. The summed E-state index contributed by atoms with van der Waals surface area (Å²) in [6.45, 7) is 1.27. The number of aromatic nitrogens is 2. The van der Waals surface area contributed by atoms with E-state index in [0.717, 1.165) is 5.52 Å². The lowest BCUT2D eigenvalue weighted by atomic mass is 10.0. The van der Waals surface area contributed by atoms with Gasteiger partial charge in [-0.3, -0.25) is 9.78 Å². The molecule has 1 aliphatic rings. The van der Waals surface area contributed by atoms with E-state index < -0.39 is 5.82 Å². The fraction of sp³-hybridized carbons (Fsp3) is 0.222. The number of fused-ring (bicyclic) bond motifs is 3. The van der Waals surface area contributed by atoms with Crippen LogP contribution in [0.1, 0.15) is 10.5 Å². The van der Waals surface area contributed by atoms with Crippen LogP contribution in [-0.2, 0) is 6.54 Å². The van der Waals surface area contributed by atoms with E-state index >= 15 is 0 Å². The highest BCUT2D eigenvalue weighted by molar-refractivity contribution is 6.30. The summed E-state index contributed by atoms with van der Waals surface area (Å²) >= 11 is 5.80. The number of amides is 1. The Bertz CT molecular complexity index is 986. The molecule has 7 heteroatoms. The highest BCUT2D eigenvalue weighted by Crippen LogP contribution is 2.37. The number of carbonyl (C=O) groups is 1. The fourth-order valence-corrected chi connectivity index (χ4v) is 3.48. The summed E-state index contributed by atoms with van der Waals surface area (Å²) in [6, 6.07) is 8.20. The molecule has 0 spiro atoms. The molecular formula is C18H15ClFN3O2. The van der Waals surface area contributed by atoms with Gasteiger partial charge in [0.05, 0.1) is 22.7 Å². The van der Waals surface area contributed by atoms with Gasteiger partial charge in [0.2, 0.25) is 0 Å². The summed E-state index contributed by atoms with van der Waals surface area (Å²) in [7, 11) is 0. The highest BCUT2D eigenvalue weighted by Gasteiger charge is 2.31. The number of halogens is 2. The molecule has 0 fully saturated rings. The Morgan fingerprint density at radius 3 is 2.88 bits per heavy atom. The van der Waals surface area contributed by atoms with E-state index in [1.54, 1.807) is 17.2 Å². The van der Waals surface area contributed by atoms with Crippen LogP contribution in [0.3, 0.4) is 0 Å². The zero-order valence-corrected chi connectivity index (χ0v) is 14.0. The summed E-state index contributed by atoms with van der Waals surface area (Å²) in [5.74, 6) is -0.734. The van der Waals surface area contributed by atoms with Gasteiger partial charge < -0.3 is 14.6 Å². The van der Waals surface area contributed by atoms with Crippen molar-refractivity contribution in [1.82, 2.24) is 14.5 Å². The maximum atomic E-state index is 14.0. The topological polar surface area (TPSA) is 58.4 Å². The van der Waals surface area contributed by atoms with Gasteiger partial charge in [0, 0.05) is 31.4 Å². The van der Waals surface area contributed by atoms with Crippen molar-refractivity contribution in [2.24, 2.45) is 0 Å². The number of aliphatic hydroxyl groups excluding tert-OH is 1. The first-order valence-corrected chi connectivity index (χ1v) is 8.32. The average molecular weight is 360 g/mol. The number of hydrogen-bond donors (Lipinski definition) is 1. The minimum Gasteiger partial charge on any atom is -0.395 e. The molecule has 1 amide bonds. The number of hydrogen-bond acceptors (Lipinski definition) is 3. The predicted molar refractivity (Wildman–Crippen MR) is 93.1 cm³/mol. The van der Waals surface area contributed by atoms with Gasteiger partial charge in [0.1, 0.15) is 11.5 Å². The van der Waals surface area contributed by atoms with Crippen LogP contribution in [-0.4, -0.2) is 45.2 Å². The second kappa shape index (κ2) is 6.13. The van der Waals surface area contributed by atoms with Crippen molar-refractivity contribution in [2.75, 3.05) is 19.7 Å². The molecule has 0 aliphatic carbocycles. The van der Waals surface area contributed by atoms with E-state index in [9.17, 15) is 14.3 Å². The van der Waals surface area contributed by atoms with Crippen LogP contribution < -0.4 is 0 Å². The van der Waals surface area contributed by atoms with Crippen molar-refractivity contribution in [2.45, 2.75) is 6.54 Å². The van der Waals surface area contributed by atoms with Gasteiger partial charge in [-0.25, -0.2) is 4.39 Å². The van der Waals surface area contributed by atoms with Crippen molar-refractivity contribution in [3.05, 3.63) is 53.1 Å². The van der Waals surface area contributed by atoms with Crippen molar-refractivity contribution < 1.29 is 14.3 Å². The average Bonchev–Trinajstić information content (AvgIpc) is 2.95. The Morgan fingerprint density at radius 2 is 2.12 bits per heavy atom. The Hall–Kier alpha value is -2.44. The van der Waals surface area contributed by atoms with Crippen LogP contribution >= 0.6 is 11.6 Å². The minimum atomic E-state index is -0.543. The molecule has 0 saturated heterocycles. The lowest BCUT2D eigenvalue weighted by Gasteiger charge is -2.28. The number of aliphatic hydroxyl groups is 1. The Labute approximate surface area is 148 Å². The molecule has 0 bridgehead atoms. The number of pyridine rings is 1. The number of carbonyl (C=O) groups excluding carboxylic acids is 1. The second-order valence-electron chi connectivity index (χ2n) is 5.89. The first-order valence-electron chi connectivity index (χ1n) is 7.94. The molecule has 3 aromatic rings. The normalized spacial score (nSPS) is 14.2. The third kappa shape index (κ3) is 2.49.